The highest BCUT2D eigenvalue weighted by atomic mass is 35.5. The molecule has 7 nitrogen and oxygen atoms in total. The van der Waals surface area contributed by atoms with E-state index < -0.39 is 35.0 Å². The third-order valence-electron chi connectivity index (χ3n) is 3.05. The molecule has 0 amide bonds. The molecule has 0 spiro atoms. The van der Waals surface area contributed by atoms with Crippen molar-refractivity contribution in [2.75, 3.05) is 20.8 Å². The number of halogens is 2. The number of esters is 2. The van der Waals surface area contributed by atoms with Crippen molar-refractivity contribution in [3.63, 3.8) is 0 Å². The van der Waals surface area contributed by atoms with Gasteiger partial charge in [-0.1, -0.05) is 23.7 Å². The minimum atomic E-state index is -3.34. The van der Waals surface area contributed by atoms with E-state index in [0.717, 1.165) is 14.2 Å². The van der Waals surface area contributed by atoms with Crippen molar-refractivity contribution in [2.24, 2.45) is 0 Å². The molecule has 1 atom stereocenters. The molecular formula is C13H13ClFNO6. The van der Waals surface area contributed by atoms with E-state index in [9.17, 15) is 19.7 Å². The highest BCUT2D eigenvalue weighted by Crippen LogP contribution is 2.35. The summed E-state index contributed by atoms with van der Waals surface area (Å²) in [5.41, 5.74) is -3.30. The average molecular weight is 334 g/mol. The molecule has 0 aromatic heterocycles. The van der Waals surface area contributed by atoms with Gasteiger partial charge < -0.3 is 9.47 Å². The second kappa shape index (κ2) is 7.17. The third kappa shape index (κ3) is 3.51. The monoisotopic (exact) mass is 333 g/mol. The van der Waals surface area contributed by atoms with Gasteiger partial charge in [0, 0.05) is 9.95 Å². The molecule has 0 aliphatic heterocycles. The summed E-state index contributed by atoms with van der Waals surface area (Å²) in [4.78, 5) is 33.5. The highest BCUT2D eigenvalue weighted by molar-refractivity contribution is 6.30. The Morgan fingerprint density at radius 2 is 1.73 bits per heavy atom. The van der Waals surface area contributed by atoms with E-state index >= 15 is 4.39 Å². The molecule has 0 heterocycles. The molecule has 1 rings (SSSR count). The van der Waals surface area contributed by atoms with Gasteiger partial charge >= 0.3 is 17.6 Å². The normalized spacial score (nSPS) is 12.4. The zero-order valence-electron chi connectivity index (χ0n) is 11.7. The minimum absolute atomic E-state index is 0.0411. The van der Waals surface area contributed by atoms with Gasteiger partial charge in [0.2, 0.25) is 6.54 Å². The van der Waals surface area contributed by atoms with Crippen molar-refractivity contribution in [2.45, 2.75) is 11.6 Å². The molecule has 9 heteroatoms. The van der Waals surface area contributed by atoms with E-state index in [2.05, 4.69) is 9.47 Å². The molecule has 0 unspecified atom stereocenters. The largest absolute Gasteiger partial charge is 0.466 e. The van der Waals surface area contributed by atoms with Crippen LogP contribution in [-0.4, -0.2) is 43.3 Å². The van der Waals surface area contributed by atoms with E-state index in [4.69, 9.17) is 11.6 Å². The Kier molecular flexibility index (Phi) is 5.81. The Hall–Kier alpha value is -2.22. The summed E-state index contributed by atoms with van der Waals surface area (Å²) in [6.07, 6.45) is 0. The van der Waals surface area contributed by atoms with Crippen molar-refractivity contribution in [3.8, 4) is 0 Å². The van der Waals surface area contributed by atoms with Crippen molar-refractivity contribution in [3.05, 3.63) is 45.0 Å². The van der Waals surface area contributed by atoms with Crippen molar-refractivity contribution in [1.29, 1.82) is 0 Å². The smallest absolute Gasteiger partial charge is 0.356 e. The van der Waals surface area contributed by atoms with Crippen LogP contribution in [0.25, 0.3) is 0 Å². The van der Waals surface area contributed by atoms with Crippen LogP contribution in [0.15, 0.2) is 24.3 Å². The fourth-order valence-corrected chi connectivity index (χ4v) is 2.10. The first kappa shape index (κ1) is 17.8. The van der Waals surface area contributed by atoms with Crippen LogP contribution in [0.5, 0.6) is 0 Å². The number of rotatable bonds is 6. The molecule has 1 aromatic carbocycles. The number of carbonyl (C=O) groups is 2. The summed E-state index contributed by atoms with van der Waals surface area (Å²) in [5.74, 6) is -4.86. The average Bonchev–Trinajstić information content (AvgIpc) is 2.50. The van der Waals surface area contributed by atoms with Crippen LogP contribution in [0.1, 0.15) is 11.5 Å². The zero-order valence-corrected chi connectivity index (χ0v) is 12.5. The van der Waals surface area contributed by atoms with Crippen LogP contribution in [0.4, 0.5) is 4.39 Å². The van der Waals surface area contributed by atoms with E-state index in [1.807, 2.05) is 0 Å². The van der Waals surface area contributed by atoms with E-state index in [0.29, 0.717) is 5.02 Å². The predicted molar refractivity (Wildman–Crippen MR) is 73.9 cm³/mol. The van der Waals surface area contributed by atoms with Gasteiger partial charge in [0.15, 0.2) is 0 Å². The maximum atomic E-state index is 15.1. The lowest BCUT2D eigenvalue weighted by Crippen LogP contribution is -2.51. The first-order valence-electron chi connectivity index (χ1n) is 6.00. The summed E-state index contributed by atoms with van der Waals surface area (Å²) in [6.45, 7) is -1.01. The summed E-state index contributed by atoms with van der Waals surface area (Å²) in [7, 11) is 1.73. The third-order valence-corrected chi connectivity index (χ3v) is 3.30. The predicted octanol–water partition coefficient (Wildman–Crippen LogP) is 1.75. The number of carbonyl (C=O) groups excluding carboxylic acids is 2. The van der Waals surface area contributed by atoms with Gasteiger partial charge in [-0.3, -0.25) is 10.1 Å². The quantitative estimate of drug-likeness (QED) is 0.340. The number of hydrogen-bond acceptors (Lipinski definition) is 6. The van der Waals surface area contributed by atoms with Gasteiger partial charge in [0.1, 0.15) is 5.92 Å². The van der Waals surface area contributed by atoms with Gasteiger partial charge in [0.05, 0.1) is 14.2 Å². The van der Waals surface area contributed by atoms with Gasteiger partial charge in [-0.05, 0) is 17.7 Å². The fraction of sp³-hybridized carbons (Fsp3) is 0.385. The van der Waals surface area contributed by atoms with Crippen LogP contribution in [0, 0.1) is 10.1 Å². The van der Waals surface area contributed by atoms with Crippen molar-refractivity contribution < 1.29 is 28.4 Å². The Morgan fingerprint density at radius 3 is 2.09 bits per heavy atom. The summed E-state index contributed by atoms with van der Waals surface area (Å²) >= 11 is 5.71. The Labute approximate surface area is 130 Å². The number of nitro groups is 1. The first-order valence-corrected chi connectivity index (χ1v) is 6.38. The van der Waals surface area contributed by atoms with Crippen LogP contribution in [0.2, 0.25) is 5.02 Å². The number of nitrogens with zero attached hydrogens (tertiary/aromatic N) is 1. The first-order chi connectivity index (χ1) is 10.3. The fourth-order valence-electron chi connectivity index (χ4n) is 1.97. The van der Waals surface area contributed by atoms with Gasteiger partial charge in [0.25, 0.3) is 0 Å². The van der Waals surface area contributed by atoms with Crippen LogP contribution < -0.4 is 0 Å². The maximum absolute atomic E-state index is 15.1. The molecule has 0 saturated carbocycles. The molecule has 120 valence electrons. The lowest BCUT2D eigenvalue weighted by Gasteiger charge is -2.26. The number of alkyl halides is 1. The lowest BCUT2D eigenvalue weighted by molar-refractivity contribution is -0.485. The Bertz CT molecular complexity index is 560. The summed E-state index contributed by atoms with van der Waals surface area (Å²) < 4.78 is 23.7. The topological polar surface area (TPSA) is 95.7 Å². The molecule has 1 aromatic rings. The SMILES string of the molecule is COC(=O)C(F)(C(=O)OC)[C@H](C[N+](=O)[O-])c1ccc(Cl)cc1. The van der Waals surface area contributed by atoms with Crippen molar-refractivity contribution >= 4 is 23.5 Å². The molecule has 0 aliphatic rings. The van der Waals surface area contributed by atoms with E-state index in [-0.39, 0.29) is 5.56 Å². The highest BCUT2D eigenvalue weighted by Gasteiger charge is 2.58. The van der Waals surface area contributed by atoms with Crippen LogP contribution in [-0.2, 0) is 19.1 Å². The Morgan fingerprint density at radius 1 is 1.27 bits per heavy atom. The van der Waals surface area contributed by atoms with E-state index in [1.165, 1.54) is 24.3 Å². The summed E-state index contributed by atoms with van der Waals surface area (Å²) in [6, 6.07) is 5.30. The maximum Gasteiger partial charge on any atom is 0.356 e. The molecule has 0 aliphatic carbocycles. The van der Waals surface area contributed by atoms with Crippen molar-refractivity contribution in [1.82, 2.24) is 0 Å². The number of hydrogen-bond donors (Lipinski definition) is 0. The number of ether oxygens (including phenoxy) is 2. The standard InChI is InChI=1S/C13H13ClFNO6/c1-21-11(17)13(15,12(18)22-2)10(7-16(19)20)8-3-5-9(14)6-4-8/h3-6,10H,7H2,1-2H3/t10-/m1/s1. The molecule has 0 N–H and O–H groups in total. The number of methoxy groups -OCH3 is 2. The molecule has 0 fully saturated rings. The Balaban J connectivity index is 3.44. The van der Waals surface area contributed by atoms with Crippen LogP contribution in [0.3, 0.4) is 0 Å². The second-order valence-electron chi connectivity index (χ2n) is 4.31. The van der Waals surface area contributed by atoms with Gasteiger partial charge in [-0.2, -0.15) is 0 Å². The second-order valence-corrected chi connectivity index (χ2v) is 4.75. The van der Waals surface area contributed by atoms with Gasteiger partial charge in [-0.25, -0.2) is 14.0 Å². The molecule has 22 heavy (non-hydrogen) atoms. The van der Waals surface area contributed by atoms with Crippen LogP contribution >= 0.6 is 11.6 Å². The lowest BCUT2D eigenvalue weighted by atomic mass is 9.83. The minimum Gasteiger partial charge on any atom is -0.466 e. The van der Waals surface area contributed by atoms with Gasteiger partial charge in [-0.15, -0.1) is 0 Å². The molecule has 0 bridgehead atoms. The number of benzene rings is 1. The zero-order chi connectivity index (χ0) is 16.9. The molecule has 0 saturated heterocycles. The molecular weight excluding hydrogens is 321 g/mol. The summed E-state index contributed by atoms with van der Waals surface area (Å²) in [5, 5.41) is 11.1. The molecule has 0 radical (unpaired) electrons. The van der Waals surface area contributed by atoms with E-state index in [1.54, 1.807) is 0 Å².